The lowest BCUT2D eigenvalue weighted by molar-refractivity contribution is -0.0494. The Hall–Kier alpha value is -3.00. The van der Waals surface area contributed by atoms with Gasteiger partial charge in [0.2, 0.25) is 0 Å². The van der Waals surface area contributed by atoms with Gasteiger partial charge < -0.3 is 10.0 Å². The van der Waals surface area contributed by atoms with Crippen molar-refractivity contribution in [3.8, 4) is 5.69 Å². The first-order chi connectivity index (χ1) is 13.7. The van der Waals surface area contributed by atoms with Crippen LogP contribution in [-0.2, 0) is 0 Å². The Bertz CT molecular complexity index is 1120. The average Bonchev–Trinajstić information content (AvgIpc) is 3.03. The van der Waals surface area contributed by atoms with Crippen LogP contribution in [0.1, 0.15) is 33.6 Å². The van der Waals surface area contributed by atoms with Gasteiger partial charge in [0.1, 0.15) is 5.65 Å². The minimum atomic E-state index is -2.73. The molecule has 1 fully saturated rings. The summed E-state index contributed by atoms with van der Waals surface area (Å²) < 4.78 is 28.3. The van der Waals surface area contributed by atoms with Crippen molar-refractivity contribution < 1.29 is 23.5 Å². The number of nitrogens with zero attached hydrogens (tertiary/aromatic N) is 3. The molecule has 9 heteroatoms. The first-order valence-corrected chi connectivity index (χ1v) is 9.30. The second kappa shape index (κ2) is 7.11. The molecular weight excluding hydrogens is 404 g/mol. The summed E-state index contributed by atoms with van der Waals surface area (Å²) in [6.07, 6.45) is 2.26. The van der Waals surface area contributed by atoms with Gasteiger partial charge in [0.05, 0.1) is 16.1 Å². The van der Waals surface area contributed by atoms with Crippen molar-refractivity contribution in [1.82, 2.24) is 14.5 Å². The highest BCUT2D eigenvalue weighted by molar-refractivity contribution is 6.35. The van der Waals surface area contributed by atoms with Crippen molar-refractivity contribution in [3.63, 3.8) is 0 Å². The van der Waals surface area contributed by atoms with Gasteiger partial charge in [-0.05, 0) is 24.3 Å². The van der Waals surface area contributed by atoms with Crippen molar-refractivity contribution in [3.05, 3.63) is 58.9 Å². The lowest BCUT2D eigenvalue weighted by Gasteiger charge is -2.31. The van der Waals surface area contributed by atoms with E-state index in [1.54, 1.807) is 29.0 Å². The van der Waals surface area contributed by atoms with E-state index >= 15 is 0 Å². The number of halogens is 3. The van der Waals surface area contributed by atoms with Gasteiger partial charge in [0.25, 0.3) is 11.8 Å². The number of pyridine rings is 1. The Morgan fingerprint density at radius 2 is 1.86 bits per heavy atom. The van der Waals surface area contributed by atoms with E-state index in [2.05, 4.69) is 4.98 Å². The molecular formula is C20H16ClF2N3O3. The molecule has 0 saturated carbocycles. The monoisotopic (exact) mass is 419 g/mol. The number of carboxylic acids is 1. The predicted molar refractivity (Wildman–Crippen MR) is 103 cm³/mol. The number of benzene rings is 1. The van der Waals surface area contributed by atoms with Gasteiger partial charge in [-0.15, -0.1) is 0 Å². The number of hydrogen-bond acceptors (Lipinski definition) is 3. The van der Waals surface area contributed by atoms with Crippen LogP contribution < -0.4 is 0 Å². The highest BCUT2D eigenvalue weighted by Gasteiger charge is 2.35. The van der Waals surface area contributed by atoms with E-state index in [1.807, 2.05) is 0 Å². The van der Waals surface area contributed by atoms with E-state index in [9.17, 15) is 23.5 Å². The molecule has 1 aromatic carbocycles. The molecule has 1 amide bonds. The summed E-state index contributed by atoms with van der Waals surface area (Å²) in [6, 6.07) is 7.88. The summed E-state index contributed by atoms with van der Waals surface area (Å²) in [5, 5.41) is 10.0. The maximum atomic E-state index is 13.3. The number of carbonyl (C=O) groups excluding carboxylic acids is 1. The third kappa shape index (κ3) is 3.67. The molecule has 0 bridgehead atoms. The Morgan fingerprint density at radius 3 is 2.55 bits per heavy atom. The first-order valence-electron chi connectivity index (χ1n) is 8.93. The van der Waals surface area contributed by atoms with E-state index in [4.69, 9.17) is 11.6 Å². The van der Waals surface area contributed by atoms with Gasteiger partial charge in [0.15, 0.2) is 0 Å². The van der Waals surface area contributed by atoms with Crippen LogP contribution in [0, 0.1) is 0 Å². The van der Waals surface area contributed by atoms with Gasteiger partial charge >= 0.3 is 5.97 Å². The molecule has 1 saturated heterocycles. The van der Waals surface area contributed by atoms with E-state index < -0.39 is 11.9 Å². The summed E-state index contributed by atoms with van der Waals surface area (Å²) in [4.78, 5) is 29.6. The van der Waals surface area contributed by atoms with Crippen LogP contribution in [0.25, 0.3) is 16.7 Å². The van der Waals surface area contributed by atoms with Crippen LogP contribution in [0.5, 0.6) is 0 Å². The zero-order valence-corrected chi connectivity index (χ0v) is 15.9. The Labute approximate surface area is 169 Å². The number of amides is 1. The van der Waals surface area contributed by atoms with Crippen LogP contribution in [0.3, 0.4) is 0 Å². The molecule has 0 aliphatic carbocycles. The Kier molecular flexibility index (Phi) is 4.74. The quantitative estimate of drug-likeness (QED) is 0.688. The van der Waals surface area contributed by atoms with Crippen molar-refractivity contribution in [2.45, 2.75) is 18.8 Å². The lowest BCUT2D eigenvalue weighted by Crippen LogP contribution is -2.42. The summed E-state index contributed by atoms with van der Waals surface area (Å²) >= 11 is 6.33. The molecule has 3 aromatic rings. The number of piperidine rings is 1. The lowest BCUT2D eigenvalue weighted by atomic mass is 10.1. The van der Waals surface area contributed by atoms with Crippen molar-refractivity contribution in [1.29, 1.82) is 0 Å². The molecule has 2 aromatic heterocycles. The molecule has 150 valence electrons. The standard InChI is InChI=1S/C20H16ClF2N3O3/c21-16-11-26(14-3-1-2-12(8-14)19(28)29)17-15(16)9-13(10-24-17)18(27)25-6-4-20(22,23)5-7-25/h1-3,8-11H,4-7H2,(H,28,29). The fraction of sp³-hybridized carbons (Fsp3) is 0.250. The minimum absolute atomic E-state index is 0.0133. The summed E-state index contributed by atoms with van der Waals surface area (Å²) in [7, 11) is 0. The maximum absolute atomic E-state index is 13.3. The fourth-order valence-electron chi connectivity index (χ4n) is 3.39. The minimum Gasteiger partial charge on any atom is -0.478 e. The molecule has 0 atom stereocenters. The number of hydrogen-bond donors (Lipinski definition) is 1. The molecule has 0 unspecified atom stereocenters. The Morgan fingerprint density at radius 1 is 1.14 bits per heavy atom. The normalized spacial score (nSPS) is 16.2. The zero-order chi connectivity index (χ0) is 20.8. The number of carboxylic acid groups (broad SMARTS) is 1. The van der Waals surface area contributed by atoms with Crippen molar-refractivity contribution >= 4 is 34.5 Å². The Balaban J connectivity index is 1.68. The third-order valence-corrected chi connectivity index (χ3v) is 5.30. The molecule has 0 radical (unpaired) electrons. The first kappa shape index (κ1) is 19.3. The summed E-state index contributed by atoms with van der Waals surface area (Å²) in [5.74, 6) is -4.15. The number of aromatic nitrogens is 2. The number of aromatic carboxylic acids is 1. The van der Waals surface area contributed by atoms with Gasteiger partial charge in [-0.2, -0.15) is 0 Å². The summed E-state index contributed by atoms with van der Waals surface area (Å²) in [5.41, 5.74) is 1.40. The second-order valence-corrected chi connectivity index (χ2v) is 7.35. The van der Waals surface area contributed by atoms with Crippen LogP contribution in [0.2, 0.25) is 5.02 Å². The molecule has 3 heterocycles. The molecule has 1 aliphatic rings. The number of alkyl halides is 2. The smallest absolute Gasteiger partial charge is 0.335 e. The van der Waals surface area contributed by atoms with Gasteiger partial charge in [0, 0.05) is 49.4 Å². The molecule has 4 rings (SSSR count). The van der Waals surface area contributed by atoms with Crippen LogP contribution >= 0.6 is 11.6 Å². The van der Waals surface area contributed by atoms with Crippen molar-refractivity contribution in [2.24, 2.45) is 0 Å². The molecule has 6 nitrogen and oxygen atoms in total. The predicted octanol–water partition coefficient (Wildman–Crippen LogP) is 4.25. The van der Waals surface area contributed by atoms with Crippen LogP contribution in [0.4, 0.5) is 8.78 Å². The van der Waals surface area contributed by atoms with Crippen LogP contribution in [0.15, 0.2) is 42.7 Å². The SMILES string of the molecule is O=C(O)c1cccc(-n2cc(Cl)c3cc(C(=O)N4CCC(F)(F)CC4)cnc32)c1. The zero-order valence-electron chi connectivity index (χ0n) is 15.1. The van der Waals surface area contributed by atoms with Crippen LogP contribution in [-0.4, -0.2) is 50.4 Å². The third-order valence-electron chi connectivity index (χ3n) is 4.99. The number of fused-ring (bicyclic) bond motifs is 1. The molecule has 0 spiro atoms. The second-order valence-electron chi connectivity index (χ2n) is 6.95. The van der Waals surface area contributed by atoms with E-state index in [0.717, 1.165) is 0 Å². The largest absolute Gasteiger partial charge is 0.478 e. The van der Waals surface area contributed by atoms with Crippen molar-refractivity contribution in [2.75, 3.05) is 13.1 Å². The highest BCUT2D eigenvalue weighted by Crippen LogP contribution is 2.31. The number of likely N-dealkylation sites (tertiary alicyclic amines) is 1. The number of rotatable bonds is 3. The number of carbonyl (C=O) groups is 2. The van der Waals surface area contributed by atoms with E-state index in [0.29, 0.717) is 21.7 Å². The molecule has 1 aliphatic heterocycles. The van der Waals surface area contributed by atoms with Gasteiger partial charge in [-0.25, -0.2) is 18.6 Å². The maximum Gasteiger partial charge on any atom is 0.335 e. The van der Waals surface area contributed by atoms with Gasteiger partial charge in [-0.3, -0.25) is 9.36 Å². The average molecular weight is 420 g/mol. The topological polar surface area (TPSA) is 75.4 Å². The van der Waals surface area contributed by atoms with Gasteiger partial charge in [-0.1, -0.05) is 17.7 Å². The van der Waals surface area contributed by atoms with E-state index in [-0.39, 0.29) is 43.0 Å². The fourth-order valence-corrected chi connectivity index (χ4v) is 3.63. The van der Waals surface area contributed by atoms with E-state index in [1.165, 1.54) is 23.2 Å². The summed E-state index contributed by atoms with van der Waals surface area (Å²) in [6.45, 7) is -0.0266. The highest BCUT2D eigenvalue weighted by atomic mass is 35.5. The molecule has 29 heavy (non-hydrogen) atoms. The molecule has 1 N–H and O–H groups in total.